The van der Waals surface area contributed by atoms with E-state index in [-0.39, 0.29) is 6.10 Å². The first-order chi connectivity index (χ1) is 9.17. The van der Waals surface area contributed by atoms with Crippen LogP contribution in [0.25, 0.3) is 0 Å². The monoisotopic (exact) mass is 297 g/mol. The summed E-state index contributed by atoms with van der Waals surface area (Å²) in [6.07, 6.45) is 1.78. The van der Waals surface area contributed by atoms with Crippen molar-refractivity contribution in [2.75, 3.05) is 11.9 Å². The van der Waals surface area contributed by atoms with Gasteiger partial charge < -0.3 is 10.1 Å². The van der Waals surface area contributed by atoms with Gasteiger partial charge in [-0.3, -0.25) is 0 Å². The summed E-state index contributed by atoms with van der Waals surface area (Å²) in [5.41, 5.74) is 0. The quantitative estimate of drug-likeness (QED) is 0.878. The van der Waals surface area contributed by atoms with Crippen LogP contribution in [0.15, 0.2) is 21.1 Å². The van der Waals surface area contributed by atoms with Crippen molar-refractivity contribution in [1.82, 2.24) is 19.9 Å². The number of nitrogens with one attached hydrogen (secondary N) is 1. The summed E-state index contributed by atoms with van der Waals surface area (Å²) in [7, 11) is 0. The fourth-order valence-corrected chi connectivity index (χ4v) is 2.69. The lowest BCUT2D eigenvalue weighted by molar-refractivity contribution is 0.219. The third-order valence-corrected chi connectivity index (χ3v) is 3.61. The molecule has 0 saturated carbocycles. The minimum atomic E-state index is 0.0228. The molecule has 0 aliphatic rings. The predicted molar refractivity (Wildman–Crippen MR) is 76.0 cm³/mol. The molecule has 0 fully saturated rings. The van der Waals surface area contributed by atoms with Crippen LogP contribution in [0.2, 0.25) is 0 Å². The minimum absolute atomic E-state index is 0.0228. The lowest BCUT2D eigenvalue weighted by atomic mass is 10.5. The van der Waals surface area contributed by atoms with Crippen LogP contribution >= 0.6 is 23.1 Å². The Kier molecular flexibility index (Phi) is 4.92. The van der Waals surface area contributed by atoms with Crippen LogP contribution in [0.1, 0.15) is 20.8 Å². The number of rotatable bonds is 6. The third-order valence-electron chi connectivity index (χ3n) is 1.86. The highest BCUT2D eigenvalue weighted by atomic mass is 32.2. The van der Waals surface area contributed by atoms with E-state index < -0.39 is 0 Å². The molecule has 102 valence electrons. The molecule has 0 amide bonds. The predicted octanol–water partition coefficient (Wildman–Crippen LogP) is 2.70. The zero-order valence-corrected chi connectivity index (χ0v) is 12.6. The molecule has 2 rings (SSSR count). The van der Waals surface area contributed by atoms with E-state index in [1.165, 1.54) is 11.8 Å². The maximum absolute atomic E-state index is 5.53. The second-order valence-corrected chi connectivity index (χ2v) is 5.93. The van der Waals surface area contributed by atoms with Crippen LogP contribution in [0.5, 0.6) is 6.01 Å². The minimum Gasteiger partial charge on any atom is -0.461 e. The van der Waals surface area contributed by atoms with Gasteiger partial charge in [-0.15, -0.1) is 11.3 Å². The lowest BCUT2D eigenvalue weighted by Crippen LogP contribution is -2.11. The van der Waals surface area contributed by atoms with Crippen molar-refractivity contribution in [2.45, 2.75) is 36.4 Å². The molecule has 6 nitrogen and oxygen atoms in total. The van der Waals surface area contributed by atoms with E-state index in [0.29, 0.717) is 17.1 Å². The molecule has 0 unspecified atom stereocenters. The normalized spacial score (nSPS) is 10.7. The molecule has 0 aromatic carbocycles. The zero-order valence-electron chi connectivity index (χ0n) is 11.0. The Hall–Kier alpha value is -1.41. The van der Waals surface area contributed by atoms with Crippen molar-refractivity contribution in [3.63, 3.8) is 0 Å². The van der Waals surface area contributed by atoms with E-state index in [4.69, 9.17) is 4.74 Å². The van der Waals surface area contributed by atoms with Gasteiger partial charge in [0.1, 0.15) is 0 Å². The van der Waals surface area contributed by atoms with Gasteiger partial charge in [0.05, 0.1) is 6.10 Å². The smallest absolute Gasteiger partial charge is 0.322 e. The van der Waals surface area contributed by atoms with Crippen LogP contribution < -0.4 is 10.1 Å². The van der Waals surface area contributed by atoms with E-state index in [1.807, 2.05) is 26.2 Å². The SMILES string of the molecule is CCNc1nc(OC(C)C)nc(Sc2nccs2)n1. The fourth-order valence-electron chi connectivity index (χ4n) is 1.22. The molecule has 0 aliphatic heterocycles. The number of thiazole rings is 1. The summed E-state index contributed by atoms with van der Waals surface area (Å²) in [5.74, 6) is 0.521. The highest BCUT2D eigenvalue weighted by Crippen LogP contribution is 2.27. The zero-order chi connectivity index (χ0) is 13.7. The van der Waals surface area contributed by atoms with Gasteiger partial charge in [0.25, 0.3) is 0 Å². The van der Waals surface area contributed by atoms with Crippen LogP contribution in [0.3, 0.4) is 0 Å². The first-order valence-electron chi connectivity index (χ1n) is 5.91. The van der Waals surface area contributed by atoms with Gasteiger partial charge >= 0.3 is 6.01 Å². The molecule has 0 saturated heterocycles. The molecule has 0 spiro atoms. The molecule has 19 heavy (non-hydrogen) atoms. The van der Waals surface area contributed by atoms with E-state index >= 15 is 0 Å². The highest BCUT2D eigenvalue weighted by Gasteiger charge is 2.11. The van der Waals surface area contributed by atoms with Gasteiger partial charge in [0, 0.05) is 18.1 Å². The van der Waals surface area contributed by atoms with E-state index in [2.05, 4.69) is 25.3 Å². The van der Waals surface area contributed by atoms with Gasteiger partial charge in [0.2, 0.25) is 11.1 Å². The molecule has 2 aromatic heterocycles. The van der Waals surface area contributed by atoms with Crippen LogP contribution in [-0.2, 0) is 0 Å². The molecule has 0 bridgehead atoms. The number of nitrogens with zero attached hydrogens (tertiary/aromatic N) is 4. The molecular formula is C11H15N5OS2. The number of ether oxygens (including phenoxy) is 1. The molecular weight excluding hydrogens is 282 g/mol. The molecule has 1 N–H and O–H groups in total. The first kappa shape index (κ1) is 14.0. The maximum Gasteiger partial charge on any atom is 0.322 e. The number of hydrogen-bond donors (Lipinski definition) is 1. The Bertz CT molecular complexity index is 518. The van der Waals surface area contributed by atoms with Crippen LogP contribution in [0.4, 0.5) is 5.95 Å². The second-order valence-electron chi connectivity index (χ2n) is 3.82. The Balaban J connectivity index is 2.22. The molecule has 0 atom stereocenters. The molecule has 0 aliphatic carbocycles. The van der Waals surface area contributed by atoms with Gasteiger partial charge in [0.15, 0.2) is 4.34 Å². The Labute approximate surface area is 120 Å². The van der Waals surface area contributed by atoms with Crippen molar-refractivity contribution in [2.24, 2.45) is 0 Å². The van der Waals surface area contributed by atoms with E-state index in [1.54, 1.807) is 17.5 Å². The molecule has 0 radical (unpaired) electrons. The van der Waals surface area contributed by atoms with E-state index in [9.17, 15) is 0 Å². The molecule has 2 aromatic rings. The standard InChI is InChI=1S/C11H15N5OS2/c1-4-12-8-14-9(17-7(2)3)16-10(15-8)19-11-13-5-6-18-11/h5-7H,4H2,1-3H3,(H,12,14,15,16). The van der Waals surface area contributed by atoms with Crippen molar-refractivity contribution in [1.29, 1.82) is 0 Å². The Morgan fingerprint density at radius 2 is 2.21 bits per heavy atom. The molecule has 2 heterocycles. The van der Waals surface area contributed by atoms with Crippen molar-refractivity contribution in [3.8, 4) is 6.01 Å². The van der Waals surface area contributed by atoms with Gasteiger partial charge in [-0.2, -0.15) is 15.0 Å². The first-order valence-corrected chi connectivity index (χ1v) is 7.61. The largest absolute Gasteiger partial charge is 0.461 e. The third kappa shape index (κ3) is 4.32. The second kappa shape index (κ2) is 6.67. The molecule has 8 heteroatoms. The Morgan fingerprint density at radius 3 is 2.84 bits per heavy atom. The van der Waals surface area contributed by atoms with Gasteiger partial charge in [-0.05, 0) is 32.5 Å². The average Bonchev–Trinajstić information content (AvgIpc) is 2.81. The number of aromatic nitrogens is 4. The topological polar surface area (TPSA) is 72.8 Å². The summed E-state index contributed by atoms with van der Waals surface area (Å²) in [5, 5.41) is 5.57. The fraction of sp³-hybridized carbons (Fsp3) is 0.455. The highest BCUT2D eigenvalue weighted by molar-refractivity contribution is 8.00. The Morgan fingerprint density at radius 1 is 1.37 bits per heavy atom. The summed E-state index contributed by atoms with van der Waals surface area (Å²) in [6.45, 7) is 6.60. The van der Waals surface area contributed by atoms with E-state index in [0.717, 1.165) is 10.9 Å². The van der Waals surface area contributed by atoms with Crippen LogP contribution in [0, 0.1) is 0 Å². The number of anilines is 1. The lowest BCUT2D eigenvalue weighted by Gasteiger charge is -2.10. The van der Waals surface area contributed by atoms with Crippen molar-refractivity contribution >= 4 is 29.0 Å². The van der Waals surface area contributed by atoms with Crippen molar-refractivity contribution < 1.29 is 4.74 Å². The summed E-state index contributed by atoms with van der Waals surface area (Å²) in [6, 6.07) is 0.333. The van der Waals surface area contributed by atoms with Crippen LogP contribution in [-0.4, -0.2) is 32.6 Å². The summed E-state index contributed by atoms with van der Waals surface area (Å²) in [4.78, 5) is 17.0. The average molecular weight is 297 g/mol. The van der Waals surface area contributed by atoms with Gasteiger partial charge in [-0.1, -0.05) is 0 Å². The van der Waals surface area contributed by atoms with Crippen molar-refractivity contribution in [3.05, 3.63) is 11.6 Å². The summed E-state index contributed by atoms with van der Waals surface area (Å²) >= 11 is 2.95. The number of hydrogen-bond acceptors (Lipinski definition) is 8. The summed E-state index contributed by atoms with van der Waals surface area (Å²) < 4.78 is 6.42. The van der Waals surface area contributed by atoms with Gasteiger partial charge in [-0.25, -0.2) is 4.98 Å². The maximum atomic E-state index is 5.53.